The van der Waals surface area contributed by atoms with E-state index in [1.165, 1.54) is 12.7 Å². The van der Waals surface area contributed by atoms with Crippen LogP contribution in [0.5, 0.6) is 5.75 Å². The number of benzene rings is 2. The standard InChI is InChI=1S/C19H21NO3/c1-14(12-15-8-10-16(22-2)11-9-15)13-20-18-7-5-4-6-17(18)19(21)23-3/h4-11,13,20H,12H2,1-3H3/b14-13+. The van der Waals surface area contributed by atoms with E-state index in [4.69, 9.17) is 9.47 Å². The van der Waals surface area contributed by atoms with Crippen LogP contribution in [0.15, 0.2) is 60.3 Å². The van der Waals surface area contributed by atoms with Crippen molar-refractivity contribution < 1.29 is 14.3 Å². The van der Waals surface area contributed by atoms with Crippen LogP contribution in [0.3, 0.4) is 0 Å². The highest BCUT2D eigenvalue weighted by molar-refractivity contribution is 5.95. The molecule has 4 heteroatoms. The Morgan fingerprint density at radius 3 is 2.43 bits per heavy atom. The number of esters is 1. The number of allylic oxidation sites excluding steroid dienone is 1. The molecule has 0 aliphatic carbocycles. The minimum Gasteiger partial charge on any atom is -0.497 e. The molecule has 0 atom stereocenters. The van der Waals surface area contributed by atoms with Gasteiger partial charge >= 0.3 is 5.97 Å². The van der Waals surface area contributed by atoms with Crippen molar-refractivity contribution >= 4 is 11.7 Å². The van der Waals surface area contributed by atoms with Crippen molar-refractivity contribution in [3.63, 3.8) is 0 Å². The molecule has 0 bridgehead atoms. The first-order valence-electron chi connectivity index (χ1n) is 7.36. The summed E-state index contributed by atoms with van der Waals surface area (Å²) in [5, 5.41) is 3.18. The Bertz CT molecular complexity index is 690. The number of nitrogens with one attached hydrogen (secondary N) is 1. The Balaban J connectivity index is 2.06. The number of hydrogen-bond donors (Lipinski definition) is 1. The molecule has 0 unspecified atom stereocenters. The largest absolute Gasteiger partial charge is 0.497 e. The second kappa shape index (κ2) is 8.03. The van der Waals surface area contributed by atoms with Crippen LogP contribution in [0.25, 0.3) is 0 Å². The lowest BCUT2D eigenvalue weighted by molar-refractivity contribution is 0.0602. The van der Waals surface area contributed by atoms with Crippen molar-refractivity contribution in [3.05, 3.63) is 71.4 Å². The van der Waals surface area contributed by atoms with E-state index in [2.05, 4.69) is 5.32 Å². The average Bonchev–Trinajstić information content (AvgIpc) is 2.60. The van der Waals surface area contributed by atoms with Gasteiger partial charge in [0, 0.05) is 6.20 Å². The highest BCUT2D eigenvalue weighted by Gasteiger charge is 2.09. The van der Waals surface area contributed by atoms with Gasteiger partial charge in [-0.1, -0.05) is 29.8 Å². The van der Waals surface area contributed by atoms with Gasteiger partial charge in [0.25, 0.3) is 0 Å². The van der Waals surface area contributed by atoms with E-state index in [-0.39, 0.29) is 5.97 Å². The van der Waals surface area contributed by atoms with Gasteiger partial charge in [-0.25, -0.2) is 4.79 Å². The molecule has 0 heterocycles. The number of para-hydroxylation sites is 1. The van der Waals surface area contributed by atoms with E-state index in [9.17, 15) is 4.79 Å². The van der Waals surface area contributed by atoms with Crippen LogP contribution in [-0.4, -0.2) is 20.2 Å². The Kier molecular flexibility index (Phi) is 5.80. The van der Waals surface area contributed by atoms with Crippen LogP contribution < -0.4 is 10.1 Å². The van der Waals surface area contributed by atoms with Crippen LogP contribution in [0.1, 0.15) is 22.8 Å². The lowest BCUT2D eigenvalue weighted by Crippen LogP contribution is -2.05. The Morgan fingerprint density at radius 2 is 1.78 bits per heavy atom. The van der Waals surface area contributed by atoms with Crippen LogP contribution >= 0.6 is 0 Å². The van der Waals surface area contributed by atoms with Gasteiger partial charge in [-0.2, -0.15) is 0 Å². The van der Waals surface area contributed by atoms with E-state index in [0.29, 0.717) is 5.56 Å². The van der Waals surface area contributed by atoms with Crippen molar-refractivity contribution in [1.29, 1.82) is 0 Å². The summed E-state index contributed by atoms with van der Waals surface area (Å²) in [7, 11) is 3.03. The second-order valence-electron chi connectivity index (χ2n) is 5.20. The first-order chi connectivity index (χ1) is 11.1. The van der Waals surface area contributed by atoms with Gasteiger partial charge in [0.15, 0.2) is 0 Å². The Morgan fingerprint density at radius 1 is 1.09 bits per heavy atom. The van der Waals surface area contributed by atoms with Crippen molar-refractivity contribution in [2.24, 2.45) is 0 Å². The zero-order chi connectivity index (χ0) is 16.7. The van der Waals surface area contributed by atoms with Crippen molar-refractivity contribution in [2.45, 2.75) is 13.3 Å². The summed E-state index contributed by atoms with van der Waals surface area (Å²) >= 11 is 0. The van der Waals surface area contributed by atoms with E-state index in [1.54, 1.807) is 13.2 Å². The van der Waals surface area contributed by atoms with Crippen molar-refractivity contribution in [2.75, 3.05) is 19.5 Å². The highest BCUT2D eigenvalue weighted by atomic mass is 16.5. The average molecular weight is 311 g/mol. The highest BCUT2D eigenvalue weighted by Crippen LogP contribution is 2.18. The summed E-state index contributed by atoms with van der Waals surface area (Å²) in [5.74, 6) is 0.495. The summed E-state index contributed by atoms with van der Waals surface area (Å²) in [6, 6.07) is 15.2. The number of hydrogen-bond acceptors (Lipinski definition) is 4. The van der Waals surface area contributed by atoms with Crippen LogP contribution in [0, 0.1) is 0 Å². The molecule has 0 aliphatic heterocycles. The van der Waals surface area contributed by atoms with Gasteiger partial charge in [-0.05, 0) is 43.2 Å². The fraction of sp³-hybridized carbons (Fsp3) is 0.211. The van der Waals surface area contributed by atoms with E-state index < -0.39 is 0 Å². The minimum absolute atomic E-state index is 0.352. The van der Waals surface area contributed by atoms with Crippen molar-refractivity contribution in [1.82, 2.24) is 0 Å². The number of anilines is 1. The van der Waals surface area contributed by atoms with E-state index >= 15 is 0 Å². The number of rotatable bonds is 6. The first-order valence-corrected chi connectivity index (χ1v) is 7.36. The molecule has 0 aromatic heterocycles. The quantitative estimate of drug-likeness (QED) is 0.818. The summed E-state index contributed by atoms with van der Waals surface area (Å²) in [6.07, 6.45) is 2.73. The van der Waals surface area contributed by atoms with Gasteiger partial charge in [0.2, 0.25) is 0 Å². The molecule has 0 fully saturated rings. The maximum absolute atomic E-state index is 11.7. The predicted octanol–water partition coefficient (Wildman–Crippen LogP) is 4.04. The topological polar surface area (TPSA) is 47.6 Å². The Labute approximate surface area is 136 Å². The fourth-order valence-electron chi connectivity index (χ4n) is 2.21. The third-order valence-electron chi connectivity index (χ3n) is 3.45. The van der Waals surface area contributed by atoms with Gasteiger partial charge < -0.3 is 14.8 Å². The molecular weight excluding hydrogens is 290 g/mol. The third kappa shape index (κ3) is 4.61. The maximum atomic E-state index is 11.7. The zero-order valence-corrected chi connectivity index (χ0v) is 13.6. The Hall–Kier alpha value is -2.75. The number of ether oxygens (including phenoxy) is 2. The van der Waals surface area contributed by atoms with E-state index in [1.807, 2.05) is 55.6 Å². The maximum Gasteiger partial charge on any atom is 0.339 e. The van der Waals surface area contributed by atoms with Gasteiger partial charge in [0.1, 0.15) is 5.75 Å². The van der Waals surface area contributed by atoms with Gasteiger partial charge in [0.05, 0.1) is 25.5 Å². The summed E-state index contributed by atoms with van der Waals surface area (Å²) in [6.45, 7) is 2.04. The molecule has 0 saturated heterocycles. The van der Waals surface area contributed by atoms with Crippen LogP contribution in [-0.2, 0) is 11.2 Å². The molecule has 0 aliphatic rings. The summed E-state index contributed by atoms with van der Waals surface area (Å²) < 4.78 is 9.94. The zero-order valence-electron chi connectivity index (χ0n) is 13.6. The fourth-order valence-corrected chi connectivity index (χ4v) is 2.21. The molecule has 23 heavy (non-hydrogen) atoms. The molecule has 1 N–H and O–H groups in total. The molecule has 0 amide bonds. The van der Waals surface area contributed by atoms with E-state index in [0.717, 1.165) is 23.4 Å². The molecular formula is C19H21NO3. The summed E-state index contributed by atoms with van der Waals surface area (Å²) in [5.41, 5.74) is 3.59. The number of carbonyl (C=O) groups excluding carboxylic acids is 1. The first kappa shape index (κ1) is 16.6. The lowest BCUT2D eigenvalue weighted by Gasteiger charge is -2.09. The van der Waals surface area contributed by atoms with Crippen LogP contribution in [0.4, 0.5) is 5.69 Å². The lowest BCUT2D eigenvalue weighted by atomic mass is 10.1. The predicted molar refractivity (Wildman–Crippen MR) is 91.9 cm³/mol. The molecule has 4 nitrogen and oxygen atoms in total. The smallest absolute Gasteiger partial charge is 0.339 e. The molecule has 120 valence electrons. The minimum atomic E-state index is -0.352. The van der Waals surface area contributed by atoms with Crippen molar-refractivity contribution in [3.8, 4) is 5.75 Å². The molecule has 2 aromatic carbocycles. The normalized spacial score (nSPS) is 11.0. The third-order valence-corrected chi connectivity index (χ3v) is 3.45. The monoisotopic (exact) mass is 311 g/mol. The molecule has 2 rings (SSSR count). The number of methoxy groups -OCH3 is 2. The van der Waals surface area contributed by atoms with Crippen LogP contribution in [0.2, 0.25) is 0 Å². The van der Waals surface area contributed by atoms with Gasteiger partial charge in [-0.3, -0.25) is 0 Å². The summed E-state index contributed by atoms with van der Waals surface area (Å²) in [4.78, 5) is 11.7. The molecule has 0 saturated carbocycles. The SMILES string of the molecule is COC(=O)c1ccccc1N/C=C(\C)Cc1ccc(OC)cc1. The number of carbonyl (C=O) groups is 1. The molecule has 0 radical (unpaired) electrons. The second-order valence-corrected chi connectivity index (χ2v) is 5.20. The van der Waals surface area contributed by atoms with Gasteiger partial charge in [-0.15, -0.1) is 0 Å². The molecule has 2 aromatic rings. The molecule has 0 spiro atoms.